The Bertz CT molecular complexity index is 1450. The van der Waals surface area contributed by atoms with Gasteiger partial charge < -0.3 is 14.4 Å². The summed E-state index contributed by atoms with van der Waals surface area (Å²) in [4.78, 5) is 23.8. The van der Waals surface area contributed by atoms with E-state index >= 15 is 0 Å². The van der Waals surface area contributed by atoms with Crippen LogP contribution in [-0.2, 0) is 9.53 Å². The number of benzene rings is 3. The van der Waals surface area contributed by atoms with Gasteiger partial charge in [-0.2, -0.15) is 0 Å². The maximum atomic E-state index is 14.0. The number of aromatic nitrogens is 1. The Morgan fingerprint density at radius 3 is 2.32 bits per heavy atom. The first-order chi connectivity index (χ1) is 17.7. The number of aryl methyl sites for hydroxylation is 2. The molecule has 190 valence electrons. The molecular formula is C29H27FN2O5. The monoisotopic (exact) mass is 502 g/mol. The van der Waals surface area contributed by atoms with Crippen molar-refractivity contribution < 1.29 is 28.3 Å². The molecule has 7 nitrogen and oxygen atoms in total. The molecule has 1 aromatic heterocycles. The lowest BCUT2D eigenvalue weighted by Gasteiger charge is -2.15. The van der Waals surface area contributed by atoms with E-state index in [-0.39, 0.29) is 5.56 Å². The quantitative estimate of drug-likeness (QED) is 0.276. The molecule has 0 radical (unpaired) electrons. The van der Waals surface area contributed by atoms with Crippen LogP contribution in [0.2, 0.25) is 0 Å². The summed E-state index contributed by atoms with van der Waals surface area (Å²) < 4.78 is 24.9. The van der Waals surface area contributed by atoms with E-state index in [4.69, 9.17) is 9.26 Å². The maximum absolute atomic E-state index is 14.0. The van der Waals surface area contributed by atoms with Crippen LogP contribution in [0, 0.1) is 19.7 Å². The van der Waals surface area contributed by atoms with Crippen LogP contribution in [0.4, 0.5) is 14.9 Å². The van der Waals surface area contributed by atoms with Crippen LogP contribution >= 0.6 is 0 Å². The summed E-state index contributed by atoms with van der Waals surface area (Å²) in [5.41, 5.74) is 5.42. The molecule has 1 heterocycles. The molecule has 0 saturated carbocycles. The van der Waals surface area contributed by atoms with Gasteiger partial charge in [-0.25, -0.2) is 9.18 Å². The van der Waals surface area contributed by atoms with Crippen molar-refractivity contribution in [3.05, 3.63) is 94.9 Å². The molecule has 4 aromatic rings. The highest BCUT2D eigenvalue weighted by atomic mass is 19.1. The summed E-state index contributed by atoms with van der Waals surface area (Å²) in [6, 6.07) is 19.3. The van der Waals surface area contributed by atoms with Crippen molar-refractivity contribution in [3.8, 4) is 22.5 Å². The van der Waals surface area contributed by atoms with Crippen LogP contribution < -0.4 is 5.32 Å². The summed E-state index contributed by atoms with van der Waals surface area (Å²) in [5, 5.41) is 15.9. The van der Waals surface area contributed by atoms with Crippen LogP contribution in [0.1, 0.15) is 48.3 Å². The van der Waals surface area contributed by atoms with Crippen LogP contribution in [0.3, 0.4) is 0 Å². The Hall–Kier alpha value is -4.46. The molecular weight excluding hydrogens is 475 g/mol. The highest BCUT2D eigenvalue weighted by molar-refractivity contribution is 5.91. The molecule has 37 heavy (non-hydrogen) atoms. The van der Waals surface area contributed by atoms with Crippen LogP contribution in [0.5, 0.6) is 0 Å². The van der Waals surface area contributed by atoms with Gasteiger partial charge in [-0.1, -0.05) is 59.8 Å². The number of carbonyl (C=O) groups is 2. The number of halogens is 1. The van der Waals surface area contributed by atoms with Crippen LogP contribution in [0.15, 0.2) is 71.3 Å². The zero-order valence-electron chi connectivity index (χ0n) is 20.9. The predicted molar refractivity (Wildman–Crippen MR) is 138 cm³/mol. The molecule has 0 bridgehead atoms. The summed E-state index contributed by atoms with van der Waals surface area (Å²) in [6.07, 6.45) is -1.55. The van der Waals surface area contributed by atoms with Crippen LogP contribution in [0.25, 0.3) is 22.5 Å². The summed E-state index contributed by atoms with van der Waals surface area (Å²) >= 11 is 0. The fourth-order valence-corrected chi connectivity index (χ4v) is 4.10. The lowest BCUT2D eigenvalue weighted by Crippen LogP contribution is -2.17. The second-order valence-electron chi connectivity index (χ2n) is 8.88. The van der Waals surface area contributed by atoms with Crippen LogP contribution in [-0.4, -0.2) is 22.3 Å². The number of anilines is 1. The molecule has 0 aliphatic carbocycles. The van der Waals surface area contributed by atoms with Gasteiger partial charge in [0, 0.05) is 11.1 Å². The van der Waals surface area contributed by atoms with Gasteiger partial charge in [0.2, 0.25) is 0 Å². The number of carbonyl (C=O) groups excluding carboxylic acids is 1. The Kier molecular flexibility index (Phi) is 7.38. The van der Waals surface area contributed by atoms with Gasteiger partial charge in [0.25, 0.3) is 0 Å². The van der Waals surface area contributed by atoms with Gasteiger partial charge in [-0.05, 0) is 62.1 Å². The van der Waals surface area contributed by atoms with Crippen molar-refractivity contribution in [2.75, 3.05) is 5.32 Å². The summed E-state index contributed by atoms with van der Waals surface area (Å²) in [5.74, 6) is -1.54. The van der Waals surface area contributed by atoms with E-state index in [9.17, 15) is 19.1 Å². The van der Waals surface area contributed by atoms with Gasteiger partial charge in [0.15, 0.2) is 5.76 Å². The van der Waals surface area contributed by atoms with E-state index in [1.54, 1.807) is 39.0 Å². The third-order valence-corrected chi connectivity index (χ3v) is 6.30. The third kappa shape index (κ3) is 5.53. The van der Waals surface area contributed by atoms with E-state index in [1.165, 1.54) is 6.07 Å². The standard InChI is InChI=1S/C29H27FN2O5/c1-16-15-22(13-14-23(16)21-11-9-20(10-12-21)17(2)28(33)34)27-26(18(3)32-37-27)31-29(35)36-19(4)24-7-5-6-8-25(24)30/h5-15,17,19H,1-4H3,(H,31,35)(H,33,34)/t17?,19-/m1/s1. The Labute approximate surface area is 213 Å². The lowest BCUT2D eigenvalue weighted by atomic mass is 9.94. The second kappa shape index (κ2) is 10.7. The third-order valence-electron chi connectivity index (χ3n) is 6.30. The minimum Gasteiger partial charge on any atom is -0.481 e. The molecule has 0 fully saturated rings. The van der Waals surface area contributed by atoms with Gasteiger partial charge >= 0.3 is 12.1 Å². The van der Waals surface area contributed by atoms with E-state index in [0.29, 0.717) is 22.7 Å². The zero-order valence-corrected chi connectivity index (χ0v) is 20.9. The van der Waals surface area contributed by atoms with E-state index < -0.39 is 29.9 Å². The number of ether oxygens (including phenoxy) is 1. The smallest absolute Gasteiger partial charge is 0.412 e. The van der Waals surface area contributed by atoms with Crippen molar-refractivity contribution in [2.24, 2.45) is 0 Å². The zero-order chi connectivity index (χ0) is 26.7. The van der Waals surface area contributed by atoms with Gasteiger partial charge in [0.05, 0.1) is 5.92 Å². The van der Waals surface area contributed by atoms with Crippen molar-refractivity contribution >= 4 is 17.7 Å². The van der Waals surface area contributed by atoms with Crippen molar-refractivity contribution in [3.63, 3.8) is 0 Å². The van der Waals surface area contributed by atoms with Gasteiger partial charge in [-0.3, -0.25) is 10.1 Å². The fourth-order valence-electron chi connectivity index (χ4n) is 4.10. The average molecular weight is 503 g/mol. The topological polar surface area (TPSA) is 102 Å². The Morgan fingerprint density at radius 2 is 1.68 bits per heavy atom. The number of nitrogens with one attached hydrogen (secondary N) is 1. The minimum atomic E-state index is -0.870. The van der Waals surface area contributed by atoms with Crippen molar-refractivity contribution in [1.82, 2.24) is 5.16 Å². The van der Waals surface area contributed by atoms with Crippen molar-refractivity contribution in [1.29, 1.82) is 0 Å². The molecule has 0 aliphatic heterocycles. The number of carboxylic acids is 1. The number of carboxylic acid groups (broad SMARTS) is 1. The van der Waals surface area contributed by atoms with E-state index in [1.807, 2.05) is 49.4 Å². The predicted octanol–water partition coefficient (Wildman–Crippen LogP) is 7.26. The molecule has 4 rings (SSSR count). The van der Waals surface area contributed by atoms with Crippen molar-refractivity contribution in [2.45, 2.75) is 39.7 Å². The fraction of sp³-hybridized carbons (Fsp3) is 0.207. The molecule has 3 aromatic carbocycles. The summed E-state index contributed by atoms with van der Waals surface area (Å²) in [6.45, 7) is 6.90. The Balaban J connectivity index is 1.53. The minimum absolute atomic E-state index is 0.275. The van der Waals surface area contributed by atoms with Gasteiger partial charge in [-0.15, -0.1) is 0 Å². The first-order valence-electron chi connectivity index (χ1n) is 11.8. The number of rotatable bonds is 7. The first kappa shape index (κ1) is 25.6. The highest BCUT2D eigenvalue weighted by Crippen LogP contribution is 2.35. The number of nitrogens with zero attached hydrogens (tertiary/aromatic N) is 1. The number of hydrogen-bond donors (Lipinski definition) is 2. The molecule has 0 aliphatic rings. The lowest BCUT2D eigenvalue weighted by molar-refractivity contribution is -0.138. The molecule has 0 spiro atoms. The van der Waals surface area contributed by atoms with E-state index in [0.717, 1.165) is 22.3 Å². The molecule has 0 saturated heterocycles. The second-order valence-corrected chi connectivity index (χ2v) is 8.88. The SMILES string of the molecule is Cc1cc(-c2onc(C)c2NC(=O)O[C@H](C)c2ccccc2F)ccc1-c1ccc(C(C)C(=O)O)cc1. The largest absolute Gasteiger partial charge is 0.481 e. The molecule has 2 atom stereocenters. The number of amides is 1. The number of aliphatic carboxylic acids is 1. The molecule has 2 N–H and O–H groups in total. The first-order valence-corrected chi connectivity index (χ1v) is 11.8. The number of hydrogen-bond acceptors (Lipinski definition) is 5. The normalized spacial score (nSPS) is 12.6. The molecule has 1 unspecified atom stereocenters. The van der Waals surface area contributed by atoms with E-state index in [2.05, 4.69) is 10.5 Å². The highest BCUT2D eigenvalue weighted by Gasteiger charge is 2.21. The Morgan fingerprint density at radius 1 is 1.00 bits per heavy atom. The average Bonchev–Trinajstić information content (AvgIpc) is 3.23. The van der Waals surface area contributed by atoms with Gasteiger partial charge in [0.1, 0.15) is 23.3 Å². The maximum Gasteiger partial charge on any atom is 0.412 e. The summed E-state index contributed by atoms with van der Waals surface area (Å²) in [7, 11) is 0. The molecule has 8 heteroatoms. The molecule has 1 amide bonds.